The van der Waals surface area contributed by atoms with Gasteiger partial charge < -0.3 is 5.73 Å². The highest BCUT2D eigenvalue weighted by atomic mass is 35.5. The van der Waals surface area contributed by atoms with E-state index in [0.29, 0.717) is 12.0 Å². The van der Waals surface area contributed by atoms with Crippen LogP contribution in [0.1, 0.15) is 23.5 Å². The second kappa shape index (κ2) is 5.49. The van der Waals surface area contributed by atoms with Crippen molar-refractivity contribution in [2.45, 2.75) is 25.3 Å². The summed E-state index contributed by atoms with van der Waals surface area (Å²) in [6.07, 6.45) is 3.03. The number of aromatic nitrogens is 1. The lowest BCUT2D eigenvalue weighted by Gasteiger charge is -2.08. The summed E-state index contributed by atoms with van der Waals surface area (Å²) in [7, 11) is 0. The molecule has 0 aliphatic heterocycles. The van der Waals surface area contributed by atoms with Crippen LogP contribution in [0.5, 0.6) is 0 Å². The first-order chi connectivity index (χ1) is 8.65. The second-order valence-corrected chi connectivity index (χ2v) is 5.39. The van der Waals surface area contributed by atoms with E-state index < -0.39 is 0 Å². The first kappa shape index (κ1) is 14.3. The van der Waals surface area contributed by atoms with Crippen LogP contribution in [0.2, 0.25) is 5.02 Å². The maximum atomic E-state index is 6.01. The fourth-order valence-electron chi connectivity index (χ4n) is 2.34. The van der Waals surface area contributed by atoms with Crippen LogP contribution in [0, 0.1) is 6.92 Å². The third kappa shape index (κ3) is 2.92. The molecule has 2 nitrogen and oxygen atoms in total. The Morgan fingerprint density at radius 3 is 2.63 bits per heavy atom. The molecule has 4 heteroatoms. The fraction of sp³-hybridized carbons (Fsp3) is 0.267. The summed E-state index contributed by atoms with van der Waals surface area (Å²) < 4.78 is 0. The van der Waals surface area contributed by atoms with Gasteiger partial charge in [-0.2, -0.15) is 0 Å². The van der Waals surface area contributed by atoms with E-state index in [-0.39, 0.29) is 12.4 Å². The molecule has 3 rings (SSSR count). The molecular weight excluding hydrogens is 279 g/mol. The molecule has 100 valence electrons. The number of halogens is 2. The van der Waals surface area contributed by atoms with E-state index in [0.717, 1.165) is 22.7 Å². The molecule has 1 aliphatic rings. The van der Waals surface area contributed by atoms with Gasteiger partial charge in [0.2, 0.25) is 0 Å². The van der Waals surface area contributed by atoms with Crippen LogP contribution in [0.4, 0.5) is 0 Å². The zero-order valence-corrected chi connectivity index (χ0v) is 12.2. The van der Waals surface area contributed by atoms with E-state index in [4.69, 9.17) is 17.3 Å². The molecule has 1 aromatic carbocycles. The van der Waals surface area contributed by atoms with Crippen molar-refractivity contribution in [3.8, 4) is 11.3 Å². The molecular formula is C15H16Cl2N2. The van der Waals surface area contributed by atoms with Gasteiger partial charge in [-0.1, -0.05) is 29.8 Å². The van der Waals surface area contributed by atoms with Crippen LogP contribution in [-0.4, -0.2) is 11.0 Å². The lowest BCUT2D eigenvalue weighted by molar-refractivity contribution is 0.978. The lowest BCUT2D eigenvalue weighted by atomic mass is 10.0. The van der Waals surface area contributed by atoms with E-state index in [1.165, 1.54) is 11.1 Å². The van der Waals surface area contributed by atoms with Gasteiger partial charge in [0.25, 0.3) is 0 Å². The van der Waals surface area contributed by atoms with Gasteiger partial charge >= 0.3 is 0 Å². The molecule has 0 amide bonds. The molecule has 1 aromatic heterocycles. The lowest BCUT2D eigenvalue weighted by Crippen LogP contribution is -2.01. The van der Waals surface area contributed by atoms with Gasteiger partial charge in [0.1, 0.15) is 0 Å². The van der Waals surface area contributed by atoms with E-state index in [2.05, 4.69) is 18.0 Å². The number of hydrogen-bond acceptors (Lipinski definition) is 2. The van der Waals surface area contributed by atoms with Gasteiger partial charge in [0, 0.05) is 28.7 Å². The average molecular weight is 295 g/mol. The number of aryl methyl sites for hydroxylation is 1. The maximum absolute atomic E-state index is 6.01. The molecule has 0 radical (unpaired) electrons. The number of nitrogens with two attached hydrogens (primary N) is 1. The first-order valence-electron chi connectivity index (χ1n) is 6.13. The van der Waals surface area contributed by atoms with E-state index in [1.807, 2.05) is 30.5 Å². The monoisotopic (exact) mass is 294 g/mol. The van der Waals surface area contributed by atoms with Crippen molar-refractivity contribution in [2.75, 3.05) is 0 Å². The Labute approximate surface area is 124 Å². The standard InChI is InChI=1S/C15H15ClN2.ClH/c1-9-5-11(13-7-14(13)17)8-18-15(9)10-3-2-4-12(16)6-10;/h2-6,8,13-14H,7,17H2,1H3;1H/t13-,14+;/m0./s1. The third-order valence-corrected chi connectivity index (χ3v) is 3.70. The summed E-state index contributed by atoms with van der Waals surface area (Å²) >= 11 is 6.01. The summed E-state index contributed by atoms with van der Waals surface area (Å²) in [5.74, 6) is 0.504. The van der Waals surface area contributed by atoms with Crippen molar-refractivity contribution in [1.82, 2.24) is 4.98 Å². The predicted molar refractivity (Wildman–Crippen MR) is 82.0 cm³/mol. The maximum Gasteiger partial charge on any atom is 0.0731 e. The Balaban J connectivity index is 0.00000133. The normalized spacial score (nSPS) is 20.8. The van der Waals surface area contributed by atoms with Gasteiger partial charge in [-0.05, 0) is 36.6 Å². The summed E-state index contributed by atoms with van der Waals surface area (Å²) in [5, 5.41) is 0.738. The number of rotatable bonds is 2. The van der Waals surface area contributed by atoms with Crippen LogP contribution >= 0.6 is 24.0 Å². The van der Waals surface area contributed by atoms with E-state index in [1.54, 1.807) is 0 Å². The van der Waals surface area contributed by atoms with Gasteiger partial charge in [-0.25, -0.2) is 0 Å². The highest BCUT2D eigenvalue weighted by molar-refractivity contribution is 6.30. The molecule has 1 saturated carbocycles. The third-order valence-electron chi connectivity index (χ3n) is 3.47. The number of nitrogens with zero attached hydrogens (tertiary/aromatic N) is 1. The Bertz CT molecular complexity index is 598. The van der Waals surface area contributed by atoms with Gasteiger partial charge in [0.05, 0.1) is 5.69 Å². The van der Waals surface area contributed by atoms with Crippen LogP contribution in [0.25, 0.3) is 11.3 Å². The van der Waals surface area contributed by atoms with Gasteiger partial charge in [-0.15, -0.1) is 12.4 Å². The molecule has 2 aromatic rings. The molecule has 1 heterocycles. The summed E-state index contributed by atoms with van der Waals surface area (Å²) in [6, 6.07) is 10.3. The Morgan fingerprint density at radius 1 is 1.32 bits per heavy atom. The van der Waals surface area contributed by atoms with Crippen LogP contribution < -0.4 is 5.73 Å². The highest BCUT2D eigenvalue weighted by Crippen LogP contribution is 2.39. The Kier molecular flexibility index (Phi) is 4.14. The average Bonchev–Trinajstić information content (AvgIpc) is 3.06. The van der Waals surface area contributed by atoms with Gasteiger partial charge in [0.15, 0.2) is 0 Å². The van der Waals surface area contributed by atoms with Gasteiger partial charge in [-0.3, -0.25) is 4.98 Å². The second-order valence-electron chi connectivity index (χ2n) is 4.95. The van der Waals surface area contributed by atoms with Crippen molar-refractivity contribution < 1.29 is 0 Å². The van der Waals surface area contributed by atoms with Crippen LogP contribution in [0.15, 0.2) is 36.5 Å². The first-order valence-corrected chi connectivity index (χ1v) is 6.51. The largest absolute Gasteiger partial charge is 0.327 e. The smallest absolute Gasteiger partial charge is 0.0731 e. The Hall–Kier alpha value is -1.09. The fourth-order valence-corrected chi connectivity index (χ4v) is 2.53. The van der Waals surface area contributed by atoms with Crippen LogP contribution in [0.3, 0.4) is 0 Å². The minimum absolute atomic E-state index is 0. The topological polar surface area (TPSA) is 38.9 Å². The van der Waals surface area contributed by atoms with Crippen molar-refractivity contribution >= 4 is 24.0 Å². The molecule has 2 N–H and O–H groups in total. The number of hydrogen-bond donors (Lipinski definition) is 1. The molecule has 0 saturated heterocycles. The van der Waals surface area contributed by atoms with E-state index >= 15 is 0 Å². The zero-order chi connectivity index (χ0) is 12.7. The molecule has 1 fully saturated rings. The molecule has 0 spiro atoms. The quantitative estimate of drug-likeness (QED) is 0.911. The minimum Gasteiger partial charge on any atom is -0.327 e. The molecule has 1 aliphatic carbocycles. The molecule has 2 atom stereocenters. The summed E-state index contributed by atoms with van der Waals surface area (Å²) in [5.41, 5.74) is 10.4. The van der Waals surface area contributed by atoms with Crippen molar-refractivity contribution in [1.29, 1.82) is 0 Å². The Morgan fingerprint density at radius 2 is 2.05 bits per heavy atom. The summed E-state index contributed by atoms with van der Waals surface area (Å²) in [4.78, 5) is 4.57. The van der Waals surface area contributed by atoms with E-state index in [9.17, 15) is 0 Å². The predicted octanol–water partition coefficient (Wildman–Crippen LogP) is 3.95. The zero-order valence-electron chi connectivity index (χ0n) is 10.6. The highest BCUT2D eigenvalue weighted by Gasteiger charge is 2.35. The molecule has 0 unspecified atom stereocenters. The summed E-state index contributed by atoms with van der Waals surface area (Å²) in [6.45, 7) is 2.08. The van der Waals surface area contributed by atoms with Crippen molar-refractivity contribution in [2.24, 2.45) is 5.73 Å². The number of benzene rings is 1. The van der Waals surface area contributed by atoms with Crippen LogP contribution in [-0.2, 0) is 0 Å². The molecule has 19 heavy (non-hydrogen) atoms. The minimum atomic E-state index is 0. The molecule has 0 bridgehead atoms. The SMILES string of the molecule is Cc1cc([C@@H]2C[C@H]2N)cnc1-c1cccc(Cl)c1.Cl. The number of pyridine rings is 1. The van der Waals surface area contributed by atoms with Crippen molar-refractivity contribution in [3.05, 3.63) is 52.7 Å². The van der Waals surface area contributed by atoms with Crippen molar-refractivity contribution in [3.63, 3.8) is 0 Å².